The molecule has 0 bridgehead atoms. The fourth-order valence-electron chi connectivity index (χ4n) is 3.06. The van der Waals surface area contributed by atoms with E-state index in [-0.39, 0.29) is 5.41 Å². The molecule has 0 fully saturated rings. The summed E-state index contributed by atoms with van der Waals surface area (Å²) in [5.41, 5.74) is 6.19. The van der Waals surface area contributed by atoms with Crippen LogP contribution in [0.2, 0.25) is 0 Å². The topological polar surface area (TPSA) is 34.2 Å². The van der Waals surface area contributed by atoms with E-state index in [9.17, 15) is 0 Å². The summed E-state index contributed by atoms with van der Waals surface area (Å²) in [5.74, 6) is 0. The molecule has 0 aliphatic carbocycles. The van der Waals surface area contributed by atoms with Gasteiger partial charge in [0.1, 0.15) is 0 Å². The van der Waals surface area contributed by atoms with Crippen LogP contribution in [0.1, 0.15) is 44.5 Å². The Hall–Kier alpha value is -1.61. The molecule has 112 valence electrons. The Balaban J connectivity index is 2.34. The molecule has 21 heavy (non-hydrogen) atoms. The number of nitrogens with one attached hydrogen (secondary N) is 1. The molecular formula is C18H24N2O. The van der Waals surface area contributed by atoms with Crippen molar-refractivity contribution >= 4 is 16.6 Å². The summed E-state index contributed by atoms with van der Waals surface area (Å²) >= 11 is 0. The maximum absolute atomic E-state index is 5.65. The number of benzene rings is 1. The van der Waals surface area contributed by atoms with Gasteiger partial charge in [0.05, 0.1) is 30.1 Å². The summed E-state index contributed by atoms with van der Waals surface area (Å²) in [6.07, 6.45) is 0.905. The molecular weight excluding hydrogens is 260 g/mol. The third-order valence-electron chi connectivity index (χ3n) is 4.09. The largest absolute Gasteiger partial charge is 0.384 e. The number of hydrogen-bond donors (Lipinski definition) is 1. The molecule has 3 rings (SSSR count). The number of ether oxygens (including phenoxy) is 1. The smallest absolute Gasteiger partial charge is 0.0763 e. The molecule has 1 aromatic carbocycles. The molecule has 1 aliphatic rings. The van der Waals surface area contributed by atoms with Crippen molar-refractivity contribution in [2.75, 3.05) is 18.5 Å². The number of pyridine rings is 1. The zero-order valence-corrected chi connectivity index (χ0v) is 13.4. The second-order valence-corrected chi connectivity index (χ2v) is 6.70. The highest BCUT2D eigenvalue weighted by molar-refractivity contribution is 5.95. The number of hydrogen-bond acceptors (Lipinski definition) is 3. The van der Waals surface area contributed by atoms with Gasteiger partial charge in [-0.05, 0) is 17.9 Å². The van der Waals surface area contributed by atoms with Gasteiger partial charge in [-0.2, -0.15) is 0 Å². The highest BCUT2D eigenvalue weighted by atomic mass is 16.5. The van der Waals surface area contributed by atoms with Gasteiger partial charge in [-0.15, -0.1) is 0 Å². The van der Waals surface area contributed by atoms with E-state index in [1.54, 1.807) is 0 Å². The van der Waals surface area contributed by atoms with Gasteiger partial charge in [-0.3, -0.25) is 4.98 Å². The summed E-state index contributed by atoms with van der Waals surface area (Å²) in [4.78, 5) is 5.01. The molecule has 0 saturated heterocycles. The Bertz CT molecular complexity index is 671. The van der Waals surface area contributed by atoms with Gasteiger partial charge in [0.2, 0.25) is 0 Å². The van der Waals surface area contributed by atoms with Gasteiger partial charge in [0.25, 0.3) is 0 Å². The minimum atomic E-state index is 0.0927. The third-order valence-corrected chi connectivity index (χ3v) is 4.09. The van der Waals surface area contributed by atoms with Crippen molar-refractivity contribution in [2.45, 2.75) is 46.1 Å². The van der Waals surface area contributed by atoms with E-state index in [1.807, 2.05) is 0 Å². The van der Waals surface area contributed by atoms with E-state index in [2.05, 4.69) is 51.2 Å². The average Bonchev–Trinajstić information content (AvgIpc) is 2.45. The van der Waals surface area contributed by atoms with Gasteiger partial charge in [0, 0.05) is 23.9 Å². The van der Waals surface area contributed by atoms with Gasteiger partial charge in [-0.1, -0.05) is 39.0 Å². The minimum Gasteiger partial charge on any atom is -0.384 e. The fraction of sp³-hybridized carbons (Fsp3) is 0.500. The molecule has 3 heteroatoms. The Morgan fingerprint density at radius 1 is 1.29 bits per heavy atom. The van der Waals surface area contributed by atoms with Gasteiger partial charge in [-0.25, -0.2) is 0 Å². The first-order valence-electron chi connectivity index (χ1n) is 7.79. The summed E-state index contributed by atoms with van der Waals surface area (Å²) in [5, 5.41) is 4.75. The number of nitrogens with zero attached hydrogens (tertiary/aromatic N) is 1. The molecule has 1 N–H and O–H groups in total. The first-order chi connectivity index (χ1) is 10.0. The molecule has 0 unspecified atom stereocenters. The fourth-order valence-corrected chi connectivity index (χ4v) is 3.06. The van der Waals surface area contributed by atoms with Crippen molar-refractivity contribution in [1.82, 2.24) is 4.98 Å². The predicted molar refractivity (Wildman–Crippen MR) is 88.0 cm³/mol. The first kappa shape index (κ1) is 14.3. The molecule has 3 nitrogen and oxygen atoms in total. The predicted octanol–water partition coefficient (Wildman–Crippen LogP) is 4.04. The van der Waals surface area contributed by atoms with Crippen LogP contribution in [0.15, 0.2) is 18.2 Å². The second kappa shape index (κ2) is 5.30. The summed E-state index contributed by atoms with van der Waals surface area (Å²) in [6.45, 7) is 11.2. The number of aromatic nitrogens is 1. The van der Waals surface area contributed by atoms with E-state index >= 15 is 0 Å². The van der Waals surface area contributed by atoms with E-state index < -0.39 is 0 Å². The van der Waals surface area contributed by atoms with Crippen molar-refractivity contribution in [1.29, 1.82) is 0 Å². The highest BCUT2D eigenvalue weighted by Crippen LogP contribution is 2.36. The van der Waals surface area contributed by atoms with Crippen LogP contribution in [0.5, 0.6) is 0 Å². The Morgan fingerprint density at radius 3 is 2.81 bits per heavy atom. The van der Waals surface area contributed by atoms with Gasteiger partial charge >= 0.3 is 0 Å². The highest BCUT2D eigenvalue weighted by Gasteiger charge is 2.23. The molecule has 0 saturated carbocycles. The van der Waals surface area contributed by atoms with Crippen LogP contribution < -0.4 is 5.32 Å². The monoisotopic (exact) mass is 284 g/mol. The average molecular weight is 284 g/mol. The van der Waals surface area contributed by atoms with Gasteiger partial charge < -0.3 is 10.1 Å². The van der Waals surface area contributed by atoms with Crippen LogP contribution >= 0.6 is 0 Å². The van der Waals surface area contributed by atoms with E-state index in [0.717, 1.165) is 25.1 Å². The summed E-state index contributed by atoms with van der Waals surface area (Å²) < 4.78 is 5.65. The van der Waals surface area contributed by atoms with Crippen LogP contribution in [0.3, 0.4) is 0 Å². The first-order valence-corrected chi connectivity index (χ1v) is 7.79. The Labute approximate surface area is 126 Å². The lowest BCUT2D eigenvalue weighted by atomic mass is 9.84. The van der Waals surface area contributed by atoms with Crippen molar-refractivity contribution in [3.63, 3.8) is 0 Å². The molecule has 0 atom stereocenters. The molecule has 2 aromatic rings. The van der Waals surface area contributed by atoms with E-state index in [4.69, 9.17) is 9.72 Å². The van der Waals surface area contributed by atoms with Crippen molar-refractivity contribution in [3.8, 4) is 0 Å². The molecule has 2 heterocycles. The standard InChI is InChI=1S/C18H24N2O/c1-5-19-16-12-7-6-8-14(18(2,3)4)17(12)20-15-9-10-21-11-13(15)16/h6-8H,5,9-11H2,1-4H3,(H,19,20). The summed E-state index contributed by atoms with van der Waals surface area (Å²) in [6, 6.07) is 6.52. The van der Waals surface area contributed by atoms with Crippen molar-refractivity contribution in [2.24, 2.45) is 0 Å². The normalized spacial score (nSPS) is 15.0. The molecule has 0 radical (unpaired) electrons. The molecule has 1 aromatic heterocycles. The van der Waals surface area contributed by atoms with Crippen LogP contribution in [-0.4, -0.2) is 18.1 Å². The number of rotatable bonds is 2. The number of fused-ring (bicyclic) bond motifs is 2. The van der Waals surface area contributed by atoms with Crippen molar-refractivity contribution < 1.29 is 4.74 Å². The van der Waals surface area contributed by atoms with Crippen LogP contribution in [0, 0.1) is 0 Å². The lowest BCUT2D eigenvalue weighted by Crippen LogP contribution is -2.18. The van der Waals surface area contributed by atoms with E-state index in [1.165, 1.54) is 27.9 Å². The van der Waals surface area contributed by atoms with Crippen molar-refractivity contribution in [3.05, 3.63) is 35.0 Å². The lowest BCUT2D eigenvalue weighted by Gasteiger charge is -2.25. The molecule has 1 aliphatic heterocycles. The van der Waals surface area contributed by atoms with Crippen LogP contribution in [0.25, 0.3) is 10.9 Å². The third kappa shape index (κ3) is 2.51. The number of para-hydroxylation sites is 1. The zero-order valence-electron chi connectivity index (χ0n) is 13.4. The maximum atomic E-state index is 5.65. The zero-order chi connectivity index (χ0) is 15.0. The quantitative estimate of drug-likeness (QED) is 0.904. The molecule has 0 amide bonds. The molecule has 0 spiro atoms. The van der Waals surface area contributed by atoms with Crippen LogP contribution in [0.4, 0.5) is 5.69 Å². The summed E-state index contributed by atoms with van der Waals surface area (Å²) in [7, 11) is 0. The lowest BCUT2D eigenvalue weighted by molar-refractivity contribution is 0.110. The SMILES string of the molecule is CCNc1c2c(nc3c(C(C)(C)C)cccc13)CCOC2. The Morgan fingerprint density at radius 2 is 2.10 bits per heavy atom. The van der Waals surface area contributed by atoms with Gasteiger partial charge in [0.15, 0.2) is 0 Å². The van der Waals surface area contributed by atoms with Crippen LogP contribution in [-0.2, 0) is 23.2 Å². The van der Waals surface area contributed by atoms with E-state index in [0.29, 0.717) is 6.61 Å². The number of anilines is 1. The second-order valence-electron chi connectivity index (χ2n) is 6.70. The maximum Gasteiger partial charge on any atom is 0.0763 e. The Kier molecular flexibility index (Phi) is 3.62. The minimum absolute atomic E-state index is 0.0927.